The van der Waals surface area contributed by atoms with Crippen LogP contribution in [0, 0.1) is 0 Å². The van der Waals surface area contributed by atoms with E-state index in [1.165, 1.54) is 57.8 Å². The van der Waals surface area contributed by atoms with Gasteiger partial charge < -0.3 is 16.0 Å². The monoisotopic (exact) mass is 471 g/mol. The van der Waals surface area contributed by atoms with Crippen molar-refractivity contribution in [3.05, 3.63) is 16.0 Å². The van der Waals surface area contributed by atoms with E-state index < -0.39 is 0 Å². The predicted molar refractivity (Wildman–Crippen MR) is 136 cm³/mol. The van der Waals surface area contributed by atoms with Gasteiger partial charge in [0.25, 0.3) is 0 Å². The number of piperidine rings is 3. The van der Waals surface area contributed by atoms with E-state index in [9.17, 15) is 0 Å². The summed E-state index contributed by atoms with van der Waals surface area (Å²) in [6.45, 7) is 26.8. The van der Waals surface area contributed by atoms with Gasteiger partial charge in [-0.1, -0.05) is 141 Å². The summed E-state index contributed by atoms with van der Waals surface area (Å²) < 4.78 is 0. The molecule has 0 unspecified atom stereocenters. The Morgan fingerprint density at radius 3 is 0.516 bits per heavy atom. The van der Waals surface area contributed by atoms with Crippen molar-refractivity contribution in [3.8, 4) is 0 Å². The Hall–Kier alpha value is 0.464. The van der Waals surface area contributed by atoms with Gasteiger partial charge in [-0.2, -0.15) is 0 Å². The molecule has 3 fully saturated rings. The molecule has 0 amide bonds. The molecule has 0 aliphatic carbocycles. The Labute approximate surface area is 208 Å². The average molecular weight is 472 g/mol. The maximum atomic E-state index is 4.75. The summed E-state index contributed by atoms with van der Waals surface area (Å²) in [5, 5.41) is 14.2. The molecule has 3 rings (SSSR count). The largest absolute Gasteiger partial charge is 0.652 e. The molecule has 185 valence electrons. The molecule has 0 atom stereocenters. The van der Waals surface area contributed by atoms with Crippen LogP contribution >= 0.6 is 0 Å². The van der Waals surface area contributed by atoms with E-state index in [4.69, 9.17) is 16.0 Å². The molecule has 0 saturated carbocycles. The summed E-state index contributed by atoms with van der Waals surface area (Å²) in [5.74, 6) is 0. The molecule has 4 heteroatoms. The molecular weight excluding hydrogens is 417 g/mol. The summed E-state index contributed by atoms with van der Waals surface area (Å²) in [5.41, 5.74) is 1.43. The van der Waals surface area contributed by atoms with Crippen molar-refractivity contribution >= 4 is 0 Å². The van der Waals surface area contributed by atoms with E-state index in [-0.39, 0.29) is 51.8 Å². The first-order chi connectivity index (χ1) is 13.2. The van der Waals surface area contributed by atoms with Gasteiger partial charge in [-0.25, -0.2) is 0 Å². The topological polar surface area (TPSA) is 42.3 Å². The number of nitrogens with zero attached hydrogens (tertiary/aromatic N) is 3. The summed E-state index contributed by atoms with van der Waals surface area (Å²) >= 11 is 0. The van der Waals surface area contributed by atoms with Crippen LogP contribution in [0.15, 0.2) is 0 Å². The molecule has 0 spiro atoms. The van der Waals surface area contributed by atoms with Crippen LogP contribution < -0.4 is 0 Å². The minimum Gasteiger partial charge on any atom is -0.652 e. The van der Waals surface area contributed by atoms with E-state index in [0.717, 1.165) is 0 Å². The Balaban J connectivity index is 0.000000429. The second-order valence-corrected chi connectivity index (χ2v) is 13.8. The van der Waals surface area contributed by atoms with Gasteiger partial charge in [0.05, 0.1) is 0 Å². The fourth-order valence-electron chi connectivity index (χ4n) is 5.65. The maximum absolute atomic E-state index is 4.75. The first-order valence-corrected chi connectivity index (χ1v) is 12.5. The van der Waals surface area contributed by atoms with Crippen molar-refractivity contribution in [1.82, 2.24) is 0 Å². The van der Waals surface area contributed by atoms with Gasteiger partial charge in [0.1, 0.15) is 0 Å². The van der Waals surface area contributed by atoms with Crippen molar-refractivity contribution in [2.75, 3.05) is 0 Å². The fraction of sp³-hybridized carbons (Fsp3) is 1.00. The standard InChI is InChI=1S/3C9H18N.V/c3*1-8(2)6-5-7-9(3,4)10-8;/h3*5-7H2,1-4H3;/q3*-1;. The second-order valence-electron chi connectivity index (χ2n) is 13.8. The van der Waals surface area contributed by atoms with E-state index in [1.807, 2.05) is 0 Å². The number of rotatable bonds is 0. The van der Waals surface area contributed by atoms with Gasteiger partial charge in [-0.05, 0) is 0 Å². The minimum absolute atomic E-state index is 0. The molecule has 3 aliphatic heterocycles. The van der Waals surface area contributed by atoms with Crippen LogP contribution in [-0.4, -0.2) is 33.2 Å². The molecule has 0 N–H and O–H groups in total. The third-order valence-corrected chi connectivity index (χ3v) is 6.55. The van der Waals surface area contributed by atoms with Crippen molar-refractivity contribution < 1.29 is 18.6 Å². The van der Waals surface area contributed by atoms with Crippen LogP contribution in [-0.2, 0) is 18.6 Å². The first kappa shape index (κ1) is 31.5. The van der Waals surface area contributed by atoms with Crippen LogP contribution in [0.3, 0.4) is 0 Å². The number of hydrogen-bond donors (Lipinski definition) is 0. The zero-order valence-electron chi connectivity index (χ0n) is 23.2. The summed E-state index contributed by atoms with van der Waals surface area (Å²) in [7, 11) is 0. The van der Waals surface area contributed by atoms with Crippen LogP contribution in [0.25, 0.3) is 16.0 Å². The second kappa shape index (κ2) is 11.3. The first-order valence-electron chi connectivity index (χ1n) is 12.5. The fourth-order valence-corrected chi connectivity index (χ4v) is 5.65. The van der Waals surface area contributed by atoms with Crippen molar-refractivity contribution in [3.63, 3.8) is 0 Å². The molecule has 3 nitrogen and oxygen atoms in total. The predicted octanol–water partition coefficient (Wildman–Crippen LogP) is 9.30. The smallest absolute Gasteiger partial charge is 0 e. The molecular formula is C27H54N3V-3. The van der Waals surface area contributed by atoms with Gasteiger partial charge in [0.15, 0.2) is 0 Å². The molecule has 0 aromatic rings. The Morgan fingerprint density at radius 2 is 0.452 bits per heavy atom. The third kappa shape index (κ3) is 13.7. The van der Waals surface area contributed by atoms with Gasteiger partial charge >= 0.3 is 0 Å². The van der Waals surface area contributed by atoms with E-state index in [2.05, 4.69) is 83.1 Å². The zero-order valence-corrected chi connectivity index (χ0v) is 24.5. The minimum atomic E-state index is 0. The van der Waals surface area contributed by atoms with Gasteiger partial charge in [-0.15, -0.1) is 33.2 Å². The Bertz CT molecular complexity index is 415. The summed E-state index contributed by atoms with van der Waals surface area (Å²) in [6.07, 6.45) is 11.6. The van der Waals surface area contributed by atoms with Crippen molar-refractivity contribution in [2.24, 2.45) is 0 Å². The zero-order chi connectivity index (χ0) is 23.5. The molecule has 0 aromatic carbocycles. The third-order valence-electron chi connectivity index (χ3n) is 6.55. The van der Waals surface area contributed by atoms with E-state index >= 15 is 0 Å². The van der Waals surface area contributed by atoms with Gasteiger partial charge in [0.2, 0.25) is 0 Å². The van der Waals surface area contributed by atoms with Crippen LogP contribution in [0.4, 0.5) is 0 Å². The Kier molecular flexibility index (Phi) is 11.4. The average Bonchev–Trinajstić information content (AvgIpc) is 2.40. The van der Waals surface area contributed by atoms with Crippen LogP contribution in [0.1, 0.15) is 141 Å². The molecule has 0 aromatic heterocycles. The van der Waals surface area contributed by atoms with E-state index in [1.54, 1.807) is 0 Å². The SMILES string of the molecule is CC1(C)CCCC(C)(C)[N-]1.CC1(C)CCCC(C)(C)[N-]1.CC1(C)CCCC(C)(C)[N-]1.[V]. The molecule has 31 heavy (non-hydrogen) atoms. The van der Waals surface area contributed by atoms with E-state index in [0.29, 0.717) is 0 Å². The van der Waals surface area contributed by atoms with Crippen molar-refractivity contribution in [1.29, 1.82) is 0 Å². The van der Waals surface area contributed by atoms with Crippen LogP contribution in [0.2, 0.25) is 0 Å². The van der Waals surface area contributed by atoms with Crippen LogP contribution in [0.5, 0.6) is 0 Å². The normalized spacial score (nSPS) is 29.0. The molecule has 0 bridgehead atoms. The molecule has 1 radical (unpaired) electrons. The maximum Gasteiger partial charge on any atom is 0 e. The van der Waals surface area contributed by atoms with Gasteiger partial charge in [-0.3, -0.25) is 0 Å². The number of hydrogen-bond acceptors (Lipinski definition) is 0. The molecule has 3 heterocycles. The van der Waals surface area contributed by atoms with Crippen molar-refractivity contribution in [2.45, 2.75) is 174 Å². The van der Waals surface area contributed by atoms with Gasteiger partial charge in [0, 0.05) is 18.6 Å². The summed E-state index contributed by atoms with van der Waals surface area (Å²) in [6, 6.07) is 0. The Morgan fingerprint density at radius 1 is 0.323 bits per heavy atom. The molecule has 3 aliphatic rings. The molecule has 3 saturated heterocycles. The summed E-state index contributed by atoms with van der Waals surface area (Å²) in [4.78, 5) is 0. The quantitative estimate of drug-likeness (QED) is 0.338.